The lowest BCUT2D eigenvalue weighted by molar-refractivity contribution is 0.234. The third-order valence-corrected chi connectivity index (χ3v) is 5.26. The SMILES string of the molecule is COC1=CC(C)C(C2(Nc3nc4ccccc4s3)CO2)C=C1. The van der Waals surface area contributed by atoms with Gasteiger partial charge in [-0.05, 0) is 30.2 Å². The van der Waals surface area contributed by atoms with Crippen molar-refractivity contribution in [2.45, 2.75) is 12.6 Å². The molecule has 2 heterocycles. The average molecular weight is 314 g/mol. The number of nitrogens with zero attached hydrogens (tertiary/aromatic N) is 1. The highest BCUT2D eigenvalue weighted by molar-refractivity contribution is 7.22. The number of hydrogen-bond donors (Lipinski definition) is 1. The van der Waals surface area contributed by atoms with Crippen LogP contribution in [0.5, 0.6) is 0 Å². The third kappa shape index (κ3) is 2.30. The maximum absolute atomic E-state index is 5.81. The third-order valence-electron chi connectivity index (χ3n) is 4.30. The molecule has 0 spiro atoms. The molecule has 1 saturated heterocycles. The number of epoxide rings is 1. The largest absolute Gasteiger partial charge is 0.497 e. The summed E-state index contributed by atoms with van der Waals surface area (Å²) in [6.45, 7) is 2.90. The van der Waals surface area contributed by atoms with Gasteiger partial charge in [-0.3, -0.25) is 0 Å². The number of fused-ring (bicyclic) bond motifs is 1. The maximum Gasteiger partial charge on any atom is 0.186 e. The van der Waals surface area contributed by atoms with Crippen molar-refractivity contribution in [1.29, 1.82) is 0 Å². The van der Waals surface area contributed by atoms with Crippen molar-refractivity contribution in [3.8, 4) is 0 Å². The lowest BCUT2D eigenvalue weighted by Crippen LogP contribution is -2.36. The van der Waals surface area contributed by atoms with Crippen LogP contribution in [0, 0.1) is 11.8 Å². The minimum absolute atomic E-state index is 0.276. The first kappa shape index (κ1) is 13.8. The summed E-state index contributed by atoms with van der Waals surface area (Å²) >= 11 is 1.67. The van der Waals surface area contributed by atoms with Gasteiger partial charge in [0.1, 0.15) is 5.76 Å². The Morgan fingerprint density at radius 3 is 2.91 bits per heavy atom. The number of aromatic nitrogens is 1. The fourth-order valence-electron chi connectivity index (χ4n) is 3.04. The van der Waals surface area contributed by atoms with Gasteiger partial charge in [-0.25, -0.2) is 4.98 Å². The molecule has 3 unspecified atom stereocenters. The van der Waals surface area contributed by atoms with E-state index in [1.807, 2.05) is 24.3 Å². The molecule has 1 aliphatic carbocycles. The lowest BCUT2D eigenvalue weighted by atomic mass is 9.83. The van der Waals surface area contributed by atoms with Crippen LogP contribution in [-0.2, 0) is 9.47 Å². The van der Waals surface area contributed by atoms with Crippen LogP contribution in [0.15, 0.2) is 48.3 Å². The Bertz CT molecular complexity index is 728. The molecule has 4 rings (SSSR count). The van der Waals surface area contributed by atoms with Crippen molar-refractivity contribution in [3.05, 3.63) is 48.3 Å². The fraction of sp³-hybridized carbons (Fsp3) is 0.353. The predicted molar refractivity (Wildman–Crippen MR) is 88.8 cm³/mol. The van der Waals surface area contributed by atoms with Crippen molar-refractivity contribution in [1.82, 2.24) is 4.98 Å². The van der Waals surface area contributed by atoms with Gasteiger partial charge >= 0.3 is 0 Å². The molecule has 2 aromatic rings. The summed E-state index contributed by atoms with van der Waals surface area (Å²) in [5.74, 6) is 1.54. The normalized spacial score (nSPS) is 30.2. The number of methoxy groups -OCH3 is 1. The average Bonchev–Trinajstić information content (AvgIpc) is 3.17. The number of anilines is 1. The van der Waals surface area contributed by atoms with Gasteiger partial charge in [0, 0.05) is 5.92 Å². The van der Waals surface area contributed by atoms with Crippen LogP contribution < -0.4 is 5.32 Å². The van der Waals surface area contributed by atoms with Crippen molar-refractivity contribution in [2.75, 3.05) is 19.0 Å². The summed E-state index contributed by atoms with van der Waals surface area (Å²) in [5.41, 5.74) is 0.694. The van der Waals surface area contributed by atoms with Gasteiger partial charge < -0.3 is 14.8 Å². The number of rotatable bonds is 4. The highest BCUT2D eigenvalue weighted by atomic mass is 32.1. The summed E-state index contributed by atoms with van der Waals surface area (Å²) in [6.07, 6.45) is 6.35. The Labute approximate surface area is 133 Å². The van der Waals surface area contributed by atoms with E-state index in [4.69, 9.17) is 9.47 Å². The summed E-state index contributed by atoms with van der Waals surface area (Å²) in [7, 11) is 1.70. The Hall–Kier alpha value is -1.85. The van der Waals surface area contributed by atoms with Crippen molar-refractivity contribution in [3.63, 3.8) is 0 Å². The zero-order valence-corrected chi connectivity index (χ0v) is 13.4. The van der Waals surface area contributed by atoms with Gasteiger partial charge in [0.25, 0.3) is 0 Å². The minimum Gasteiger partial charge on any atom is -0.497 e. The van der Waals surface area contributed by atoms with E-state index in [1.165, 1.54) is 4.70 Å². The maximum atomic E-state index is 5.81. The Kier molecular flexibility index (Phi) is 3.20. The molecule has 0 saturated carbocycles. The second-order valence-electron chi connectivity index (χ2n) is 5.81. The van der Waals surface area contributed by atoms with E-state index < -0.39 is 0 Å². The van der Waals surface area contributed by atoms with Crippen molar-refractivity contribution >= 4 is 26.7 Å². The Balaban J connectivity index is 1.57. The molecule has 1 aliphatic heterocycles. The predicted octanol–water partition coefficient (Wildman–Crippen LogP) is 3.79. The molecule has 1 aromatic heterocycles. The van der Waals surface area contributed by atoms with Crippen molar-refractivity contribution in [2.24, 2.45) is 11.8 Å². The minimum atomic E-state index is -0.334. The Morgan fingerprint density at radius 2 is 2.23 bits per heavy atom. The summed E-state index contributed by atoms with van der Waals surface area (Å²) < 4.78 is 12.3. The van der Waals surface area contributed by atoms with Gasteiger partial charge in [0.15, 0.2) is 10.9 Å². The molecule has 3 atom stereocenters. The quantitative estimate of drug-likeness (QED) is 0.872. The molecule has 4 nitrogen and oxygen atoms in total. The van der Waals surface area contributed by atoms with Crippen LogP contribution in [0.2, 0.25) is 0 Å². The van der Waals surface area contributed by atoms with Gasteiger partial charge in [-0.2, -0.15) is 0 Å². The highest BCUT2D eigenvalue weighted by Gasteiger charge is 2.53. The molecule has 1 N–H and O–H groups in total. The molecule has 2 aliphatic rings. The van der Waals surface area contributed by atoms with E-state index in [2.05, 4.69) is 35.4 Å². The monoisotopic (exact) mass is 314 g/mol. The van der Waals surface area contributed by atoms with Gasteiger partial charge in [0.05, 0.1) is 23.9 Å². The molecule has 1 fully saturated rings. The number of benzene rings is 1. The van der Waals surface area contributed by atoms with Gasteiger partial charge in [0.2, 0.25) is 0 Å². The molecular formula is C17H18N2O2S. The molecule has 5 heteroatoms. The number of allylic oxidation sites excluding steroid dienone is 2. The lowest BCUT2D eigenvalue weighted by Gasteiger charge is -2.28. The van der Waals surface area contributed by atoms with Crippen LogP contribution in [0.25, 0.3) is 10.2 Å². The standard InChI is InChI=1S/C17H18N2O2S/c1-11-9-12(20-2)7-8-13(11)17(10-21-17)19-16-18-14-5-3-4-6-15(14)22-16/h3-9,11,13H,10H2,1-2H3,(H,18,19). The first-order chi connectivity index (χ1) is 10.7. The second kappa shape index (κ2) is 5.11. The van der Waals surface area contributed by atoms with E-state index in [0.29, 0.717) is 12.5 Å². The number of nitrogens with one attached hydrogen (secondary N) is 1. The Morgan fingerprint density at radius 1 is 1.41 bits per heavy atom. The molecule has 0 radical (unpaired) electrons. The molecule has 0 amide bonds. The highest BCUT2D eigenvalue weighted by Crippen LogP contribution is 2.44. The molecule has 1 aromatic carbocycles. The van der Waals surface area contributed by atoms with E-state index >= 15 is 0 Å². The zero-order valence-electron chi connectivity index (χ0n) is 12.6. The summed E-state index contributed by atoms with van der Waals surface area (Å²) in [6, 6.07) is 8.18. The second-order valence-corrected chi connectivity index (χ2v) is 6.84. The molecule has 22 heavy (non-hydrogen) atoms. The van der Waals surface area contributed by atoms with Crippen LogP contribution >= 0.6 is 11.3 Å². The molecular weight excluding hydrogens is 296 g/mol. The summed E-state index contributed by atoms with van der Waals surface area (Å²) in [5, 5.41) is 4.43. The van der Waals surface area contributed by atoms with Gasteiger partial charge in [-0.1, -0.05) is 36.5 Å². The smallest absolute Gasteiger partial charge is 0.186 e. The zero-order chi connectivity index (χ0) is 15.2. The number of para-hydroxylation sites is 1. The van der Waals surface area contributed by atoms with E-state index in [9.17, 15) is 0 Å². The number of hydrogen-bond acceptors (Lipinski definition) is 5. The number of ether oxygens (including phenoxy) is 2. The van der Waals surface area contributed by atoms with Crippen LogP contribution in [0.3, 0.4) is 0 Å². The fourth-order valence-corrected chi connectivity index (χ4v) is 3.98. The topological polar surface area (TPSA) is 46.7 Å². The van der Waals surface area contributed by atoms with Gasteiger partial charge in [-0.15, -0.1) is 0 Å². The van der Waals surface area contributed by atoms with E-state index in [-0.39, 0.29) is 11.6 Å². The first-order valence-corrected chi connectivity index (χ1v) is 8.23. The molecule has 0 bridgehead atoms. The van der Waals surface area contributed by atoms with Crippen LogP contribution in [0.1, 0.15) is 6.92 Å². The van der Waals surface area contributed by atoms with Crippen molar-refractivity contribution < 1.29 is 9.47 Å². The number of thiazole rings is 1. The summed E-state index contributed by atoms with van der Waals surface area (Å²) in [4.78, 5) is 4.65. The van der Waals surface area contributed by atoms with E-state index in [0.717, 1.165) is 16.4 Å². The van der Waals surface area contributed by atoms with Crippen LogP contribution in [-0.4, -0.2) is 24.4 Å². The van der Waals surface area contributed by atoms with E-state index in [1.54, 1.807) is 18.4 Å². The van der Waals surface area contributed by atoms with Crippen LogP contribution in [0.4, 0.5) is 5.13 Å². The molecule has 114 valence electrons. The first-order valence-electron chi connectivity index (χ1n) is 7.42.